The summed E-state index contributed by atoms with van der Waals surface area (Å²) in [7, 11) is 1.31. The Kier molecular flexibility index (Phi) is 10.7. The first kappa shape index (κ1) is 32.9. The van der Waals surface area contributed by atoms with Crippen LogP contribution in [-0.4, -0.2) is 60.3 Å². The lowest BCUT2D eigenvalue weighted by Gasteiger charge is -2.49. The summed E-state index contributed by atoms with van der Waals surface area (Å²) < 4.78 is 27.5. The molecule has 3 rings (SSSR count). The van der Waals surface area contributed by atoms with Gasteiger partial charge in [0, 0.05) is 13.0 Å². The van der Waals surface area contributed by atoms with Crippen molar-refractivity contribution in [3.05, 3.63) is 77.4 Å². The Balaban J connectivity index is 2.15. The van der Waals surface area contributed by atoms with Crippen LogP contribution in [0.2, 0.25) is 0 Å². The summed E-state index contributed by atoms with van der Waals surface area (Å²) in [4.78, 5) is 51.9. The number of aldehydes is 1. The van der Waals surface area contributed by atoms with Gasteiger partial charge in [-0.2, -0.15) is 4.89 Å². The molecule has 0 radical (unpaired) electrons. The van der Waals surface area contributed by atoms with Gasteiger partial charge in [-0.05, 0) is 63.3 Å². The van der Waals surface area contributed by atoms with E-state index in [0.29, 0.717) is 25.1 Å². The van der Waals surface area contributed by atoms with E-state index < -0.39 is 40.7 Å². The molecular formula is C33H42FNO7. The van der Waals surface area contributed by atoms with Crippen molar-refractivity contribution in [2.24, 2.45) is 5.92 Å². The third-order valence-corrected chi connectivity index (χ3v) is 7.36. The summed E-state index contributed by atoms with van der Waals surface area (Å²) in [5.74, 6) is -3.70. The lowest BCUT2D eigenvalue weighted by atomic mass is 9.65. The van der Waals surface area contributed by atoms with Gasteiger partial charge in [0.1, 0.15) is 24.2 Å². The quantitative estimate of drug-likeness (QED) is 0.171. The lowest BCUT2D eigenvalue weighted by molar-refractivity contribution is -0.291. The van der Waals surface area contributed by atoms with E-state index in [0.717, 1.165) is 28.0 Å². The minimum absolute atomic E-state index is 0.0918. The van der Waals surface area contributed by atoms with Crippen LogP contribution in [0.3, 0.4) is 0 Å². The Hall–Kier alpha value is -3.56. The predicted molar refractivity (Wildman–Crippen MR) is 157 cm³/mol. The maximum atomic E-state index is 16.5. The number of ether oxygens (including phenoxy) is 2. The highest BCUT2D eigenvalue weighted by Gasteiger charge is 2.62. The standard InChI is InChI=1S/C33H42FNO7/c1-23(21-36)33(35(7)30(38)41-31(2,3)4,29(37)42-40-22-24-11-9-8-10-12-24)28(32(5,6)34)27-15-13-25(14-16-27)26-17-19-39-20-18-26/h8-17,21,23,28H,18-20,22H2,1-7H3/t23?,28?,33-/m0/s1. The van der Waals surface area contributed by atoms with Gasteiger partial charge in [-0.15, -0.1) is 0 Å². The largest absolute Gasteiger partial charge is 0.444 e. The minimum atomic E-state index is -2.20. The SMILES string of the molecule is CC(C=O)[C@@](C(=O)OOCc1ccccc1)(C(c1ccc(C2=CCOCC2)cc1)C(C)(C)F)N(C)C(=O)OC(C)(C)C. The van der Waals surface area contributed by atoms with Gasteiger partial charge in [0.15, 0.2) is 5.54 Å². The zero-order valence-electron chi connectivity index (χ0n) is 25.5. The van der Waals surface area contributed by atoms with Crippen LogP contribution in [-0.2, 0) is 35.4 Å². The van der Waals surface area contributed by atoms with E-state index in [4.69, 9.17) is 19.2 Å². The van der Waals surface area contributed by atoms with Gasteiger partial charge in [-0.25, -0.2) is 14.0 Å². The molecule has 0 N–H and O–H groups in total. The summed E-state index contributed by atoms with van der Waals surface area (Å²) in [6, 6.07) is 16.1. The normalized spacial score (nSPS) is 16.8. The Bertz CT molecular complexity index is 1250. The van der Waals surface area contributed by atoms with Crippen molar-refractivity contribution >= 4 is 23.9 Å². The van der Waals surface area contributed by atoms with E-state index in [1.807, 2.05) is 24.3 Å². The maximum absolute atomic E-state index is 16.5. The lowest BCUT2D eigenvalue weighted by Crippen LogP contribution is -2.67. The number of hydrogen-bond acceptors (Lipinski definition) is 7. The highest BCUT2D eigenvalue weighted by molar-refractivity contribution is 5.90. The molecule has 1 aliphatic rings. The Morgan fingerprint density at radius 2 is 1.69 bits per heavy atom. The molecule has 0 spiro atoms. The fraction of sp³-hybridized carbons (Fsp3) is 0.485. The molecule has 0 aromatic heterocycles. The van der Waals surface area contributed by atoms with Crippen LogP contribution in [0.4, 0.5) is 9.18 Å². The number of amides is 1. The van der Waals surface area contributed by atoms with Crippen molar-refractivity contribution in [2.45, 2.75) is 77.3 Å². The van der Waals surface area contributed by atoms with Crippen molar-refractivity contribution in [3.63, 3.8) is 0 Å². The highest BCUT2D eigenvalue weighted by Crippen LogP contribution is 2.48. The first-order valence-corrected chi connectivity index (χ1v) is 14.1. The average Bonchev–Trinajstić information content (AvgIpc) is 2.94. The van der Waals surface area contributed by atoms with Crippen LogP contribution >= 0.6 is 0 Å². The summed E-state index contributed by atoms with van der Waals surface area (Å²) in [5.41, 5.74) is -2.13. The molecule has 1 heterocycles. The monoisotopic (exact) mass is 583 g/mol. The minimum Gasteiger partial charge on any atom is -0.444 e. The molecule has 0 fully saturated rings. The molecule has 9 heteroatoms. The van der Waals surface area contributed by atoms with Gasteiger partial charge < -0.3 is 14.3 Å². The summed E-state index contributed by atoms with van der Waals surface area (Å²) in [5, 5.41) is 0. The molecule has 2 unspecified atom stereocenters. The number of halogens is 1. The van der Waals surface area contributed by atoms with E-state index in [9.17, 15) is 14.4 Å². The molecule has 1 amide bonds. The Labute approximate surface area is 247 Å². The second kappa shape index (κ2) is 13.6. The number of rotatable bonds is 11. The molecule has 3 atom stereocenters. The van der Waals surface area contributed by atoms with Gasteiger partial charge >= 0.3 is 12.1 Å². The van der Waals surface area contributed by atoms with E-state index in [1.165, 1.54) is 27.8 Å². The van der Waals surface area contributed by atoms with Crippen molar-refractivity contribution in [3.8, 4) is 0 Å². The fourth-order valence-electron chi connectivity index (χ4n) is 5.43. The van der Waals surface area contributed by atoms with Crippen molar-refractivity contribution in [1.82, 2.24) is 4.90 Å². The van der Waals surface area contributed by atoms with Crippen LogP contribution in [0.1, 0.15) is 70.6 Å². The van der Waals surface area contributed by atoms with Crippen LogP contribution < -0.4 is 0 Å². The summed E-state index contributed by atoms with van der Waals surface area (Å²) in [6.45, 7) is 10.1. The smallest absolute Gasteiger partial charge is 0.411 e. The fourth-order valence-corrected chi connectivity index (χ4v) is 5.43. The Morgan fingerprint density at radius 3 is 2.21 bits per heavy atom. The first-order chi connectivity index (χ1) is 19.7. The topological polar surface area (TPSA) is 91.4 Å². The van der Waals surface area contributed by atoms with E-state index >= 15 is 4.39 Å². The first-order valence-electron chi connectivity index (χ1n) is 14.1. The number of alkyl halides is 1. The van der Waals surface area contributed by atoms with E-state index in [1.54, 1.807) is 57.2 Å². The zero-order chi connectivity index (χ0) is 31.1. The molecule has 2 aromatic carbocycles. The molecule has 0 bridgehead atoms. The predicted octanol–water partition coefficient (Wildman–Crippen LogP) is 6.44. The zero-order valence-corrected chi connectivity index (χ0v) is 25.5. The second-order valence-electron chi connectivity index (χ2n) is 12.1. The van der Waals surface area contributed by atoms with Crippen LogP contribution in [0.5, 0.6) is 0 Å². The molecule has 228 valence electrons. The molecule has 0 aliphatic carbocycles. The second-order valence-corrected chi connectivity index (χ2v) is 12.1. The molecule has 0 saturated heterocycles. The Morgan fingerprint density at radius 1 is 1.05 bits per heavy atom. The molecule has 0 saturated carbocycles. The molecule has 8 nitrogen and oxygen atoms in total. The van der Waals surface area contributed by atoms with Gasteiger partial charge in [0.25, 0.3) is 0 Å². The third-order valence-electron chi connectivity index (χ3n) is 7.36. The molecule has 2 aromatic rings. The number of likely N-dealkylation sites (N-methyl/N-ethyl adjacent to an activating group) is 1. The van der Waals surface area contributed by atoms with E-state index in [2.05, 4.69) is 0 Å². The van der Waals surface area contributed by atoms with Gasteiger partial charge in [0.2, 0.25) is 0 Å². The number of carbonyl (C=O) groups is 3. The van der Waals surface area contributed by atoms with Gasteiger partial charge in [0.05, 0.1) is 19.1 Å². The van der Waals surface area contributed by atoms with Crippen LogP contribution in [0, 0.1) is 5.92 Å². The molecule has 1 aliphatic heterocycles. The average molecular weight is 584 g/mol. The number of hydrogen-bond donors (Lipinski definition) is 0. The van der Waals surface area contributed by atoms with Crippen LogP contribution in [0.15, 0.2) is 60.7 Å². The van der Waals surface area contributed by atoms with Crippen molar-refractivity contribution in [1.29, 1.82) is 0 Å². The number of nitrogens with zero attached hydrogens (tertiary/aromatic N) is 1. The van der Waals surface area contributed by atoms with Crippen molar-refractivity contribution < 1.29 is 38.0 Å². The van der Waals surface area contributed by atoms with Gasteiger partial charge in [-0.1, -0.05) is 67.6 Å². The number of carbonyl (C=O) groups excluding carboxylic acids is 3. The van der Waals surface area contributed by atoms with Crippen molar-refractivity contribution in [2.75, 3.05) is 20.3 Å². The van der Waals surface area contributed by atoms with E-state index in [-0.39, 0.29) is 6.61 Å². The third kappa shape index (κ3) is 7.63. The summed E-state index contributed by atoms with van der Waals surface area (Å²) >= 11 is 0. The maximum Gasteiger partial charge on any atom is 0.411 e. The summed E-state index contributed by atoms with van der Waals surface area (Å²) in [6.07, 6.45) is 2.32. The van der Waals surface area contributed by atoms with Gasteiger partial charge in [-0.3, -0.25) is 9.79 Å². The molecule has 42 heavy (non-hydrogen) atoms. The molecular weight excluding hydrogens is 541 g/mol. The van der Waals surface area contributed by atoms with Crippen LogP contribution in [0.25, 0.3) is 5.57 Å². The highest BCUT2D eigenvalue weighted by atomic mass is 19.1. The number of benzene rings is 2.